The van der Waals surface area contributed by atoms with E-state index in [9.17, 15) is 8.78 Å². The quantitative estimate of drug-likeness (QED) is 0.428. The topological polar surface area (TPSA) is 0 Å². The summed E-state index contributed by atoms with van der Waals surface area (Å²) in [6, 6.07) is 2.20. The Bertz CT molecular complexity index is 518. The maximum Gasteiger partial charge on any atom is 0.160 e. The lowest BCUT2D eigenvalue weighted by molar-refractivity contribution is 0.127. The highest BCUT2D eigenvalue weighted by molar-refractivity contribution is 6.32. The molecule has 0 N–H and O–H groups in total. The van der Waals surface area contributed by atoms with Crippen LogP contribution in [0.15, 0.2) is 12.1 Å². The zero-order chi connectivity index (χ0) is 15.0. The van der Waals surface area contributed by atoms with Crippen LogP contribution < -0.4 is 0 Å². The van der Waals surface area contributed by atoms with Crippen LogP contribution in [0, 0.1) is 29.4 Å². The molecular weight excluding hydrogens is 313 g/mol. The molecule has 4 heteroatoms. The molecule has 0 nitrogen and oxygen atoms in total. The smallest absolute Gasteiger partial charge is 0.160 e. The van der Waals surface area contributed by atoms with E-state index in [0.717, 1.165) is 30.7 Å². The second-order valence-corrected chi connectivity index (χ2v) is 7.44. The van der Waals surface area contributed by atoms with Crippen LogP contribution in [0.1, 0.15) is 55.9 Å². The molecule has 0 bridgehead atoms. The molecular formula is C17H20Cl2F2. The first kappa shape index (κ1) is 15.6. The molecule has 0 heterocycles. The van der Waals surface area contributed by atoms with Crippen molar-refractivity contribution in [3.05, 3.63) is 34.4 Å². The van der Waals surface area contributed by atoms with Crippen molar-refractivity contribution in [3.8, 4) is 0 Å². The summed E-state index contributed by atoms with van der Waals surface area (Å²) >= 11 is 12.6. The SMILES string of the molecule is Fc1cc(Cl)c(C(Cl)C2CCC3CCCCC3C2)cc1F. The van der Waals surface area contributed by atoms with Gasteiger partial charge in [-0.25, -0.2) is 8.78 Å². The molecule has 21 heavy (non-hydrogen) atoms. The number of rotatable bonds is 2. The van der Waals surface area contributed by atoms with Gasteiger partial charge < -0.3 is 0 Å². The lowest BCUT2D eigenvalue weighted by Gasteiger charge is -2.40. The van der Waals surface area contributed by atoms with Gasteiger partial charge in [0.1, 0.15) is 0 Å². The molecule has 2 saturated carbocycles. The predicted molar refractivity (Wildman–Crippen MR) is 82.8 cm³/mol. The predicted octanol–water partition coefficient (Wildman–Crippen LogP) is 6.50. The normalized spacial score (nSPS) is 30.8. The highest BCUT2D eigenvalue weighted by atomic mass is 35.5. The van der Waals surface area contributed by atoms with E-state index in [0.29, 0.717) is 11.5 Å². The Hall–Kier alpha value is -0.340. The molecule has 0 aliphatic heterocycles. The average molecular weight is 333 g/mol. The largest absolute Gasteiger partial charge is 0.204 e. The van der Waals surface area contributed by atoms with E-state index in [1.807, 2.05) is 0 Å². The molecule has 0 saturated heterocycles. The lowest BCUT2D eigenvalue weighted by atomic mass is 9.66. The van der Waals surface area contributed by atoms with Crippen molar-refractivity contribution in [3.63, 3.8) is 0 Å². The van der Waals surface area contributed by atoms with E-state index in [-0.39, 0.29) is 10.4 Å². The molecule has 4 atom stereocenters. The van der Waals surface area contributed by atoms with Crippen LogP contribution in [-0.2, 0) is 0 Å². The summed E-state index contributed by atoms with van der Waals surface area (Å²) in [6.07, 6.45) is 8.66. The van der Waals surface area contributed by atoms with E-state index in [1.165, 1.54) is 38.2 Å². The fraction of sp³-hybridized carbons (Fsp3) is 0.647. The fourth-order valence-electron chi connectivity index (χ4n) is 4.18. The van der Waals surface area contributed by atoms with Crippen LogP contribution in [0.5, 0.6) is 0 Å². The molecule has 2 aliphatic carbocycles. The number of fused-ring (bicyclic) bond motifs is 1. The number of hydrogen-bond donors (Lipinski definition) is 0. The van der Waals surface area contributed by atoms with Gasteiger partial charge in [0, 0.05) is 5.02 Å². The van der Waals surface area contributed by atoms with E-state index in [1.54, 1.807) is 0 Å². The van der Waals surface area contributed by atoms with Gasteiger partial charge in [0.25, 0.3) is 0 Å². The van der Waals surface area contributed by atoms with Gasteiger partial charge in [0.15, 0.2) is 11.6 Å². The summed E-state index contributed by atoms with van der Waals surface area (Å²) in [5.41, 5.74) is 0.538. The Morgan fingerprint density at radius 1 is 0.952 bits per heavy atom. The van der Waals surface area contributed by atoms with Crippen LogP contribution in [0.3, 0.4) is 0 Å². The molecule has 0 radical (unpaired) electrons. The third kappa shape index (κ3) is 3.22. The summed E-state index contributed by atoms with van der Waals surface area (Å²) < 4.78 is 26.6. The van der Waals surface area contributed by atoms with Crippen LogP contribution in [0.2, 0.25) is 5.02 Å². The van der Waals surface area contributed by atoms with Gasteiger partial charge >= 0.3 is 0 Å². The van der Waals surface area contributed by atoms with E-state index in [2.05, 4.69) is 0 Å². The van der Waals surface area contributed by atoms with Gasteiger partial charge in [-0.15, -0.1) is 11.6 Å². The Balaban J connectivity index is 1.76. The molecule has 1 aromatic carbocycles. The van der Waals surface area contributed by atoms with Crippen molar-refractivity contribution in [1.82, 2.24) is 0 Å². The molecule has 4 unspecified atom stereocenters. The Morgan fingerprint density at radius 3 is 2.38 bits per heavy atom. The first-order chi connectivity index (χ1) is 10.1. The summed E-state index contributed by atoms with van der Waals surface area (Å²) in [5, 5.41) is -0.0878. The Kier molecular flexibility index (Phi) is 4.75. The zero-order valence-electron chi connectivity index (χ0n) is 11.9. The van der Waals surface area contributed by atoms with Crippen LogP contribution in [-0.4, -0.2) is 0 Å². The molecule has 1 aromatic rings. The second kappa shape index (κ2) is 6.42. The lowest BCUT2D eigenvalue weighted by Crippen LogP contribution is -2.29. The minimum Gasteiger partial charge on any atom is -0.204 e. The number of alkyl halides is 1. The van der Waals surface area contributed by atoms with Crippen molar-refractivity contribution in [2.45, 2.75) is 50.3 Å². The van der Waals surface area contributed by atoms with Gasteiger partial charge in [-0.2, -0.15) is 0 Å². The van der Waals surface area contributed by atoms with Gasteiger partial charge in [-0.05, 0) is 54.7 Å². The summed E-state index contributed by atoms with van der Waals surface area (Å²) in [5.74, 6) is 0.130. The molecule has 0 spiro atoms. The number of halogens is 4. The van der Waals surface area contributed by atoms with Crippen molar-refractivity contribution >= 4 is 23.2 Å². The molecule has 2 fully saturated rings. The first-order valence-electron chi connectivity index (χ1n) is 7.84. The van der Waals surface area contributed by atoms with E-state index in [4.69, 9.17) is 23.2 Å². The first-order valence-corrected chi connectivity index (χ1v) is 8.66. The van der Waals surface area contributed by atoms with Gasteiger partial charge in [0.2, 0.25) is 0 Å². The molecule has 0 amide bonds. The van der Waals surface area contributed by atoms with Gasteiger partial charge in [-0.3, -0.25) is 0 Å². The fourth-order valence-corrected chi connectivity index (χ4v) is 4.91. The van der Waals surface area contributed by atoms with Crippen molar-refractivity contribution in [2.24, 2.45) is 17.8 Å². The number of benzene rings is 1. The Labute approximate surface area is 134 Å². The second-order valence-electron chi connectivity index (χ2n) is 6.57. The molecule has 3 rings (SSSR count). The van der Waals surface area contributed by atoms with Crippen LogP contribution in [0.4, 0.5) is 8.78 Å². The van der Waals surface area contributed by atoms with Crippen LogP contribution >= 0.6 is 23.2 Å². The molecule has 0 aromatic heterocycles. The van der Waals surface area contributed by atoms with Gasteiger partial charge in [0.05, 0.1) is 5.38 Å². The maximum atomic E-state index is 13.5. The summed E-state index contributed by atoms with van der Waals surface area (Å²) in [7, 11) is 0. The third-order valence-electron chi connectivity index (χ3n) is 5.33. The average Bonchev–Trinajstić information content (AvgIpc) is 2.50. The minimum absolute atomic E-state index is 0.236. The number of hydrogen-bond acceptors (Lipinski definition) is 0. The third-order valence-corrected chi connectivity index (χ3v) is 6.25. The molecule has 116 valence electrons. The highest BCUT2D eigenvalue weighted by Crippen LogP contribution is 2.48. The standard InChI is InChI=1S/C17H20Cl2F2/c18-14-9-16(21)15(20)8-13(14)17(19)12-6-5-10-3-1-2-4-11(10)7-12/h8-12,17H,1-7H2. The highest BCUT2D eigenvalue weighted by Gasteiger charge is 2.36. The zero-order valence-corrected chi connectivity index (χ0v) is 13.4. The van der Waals surface area contributed by atoms with Crippen molar-refractivity contribution < 1.29 is 8.78 Å². The van der Waals surface area contributed by atoms with E-state index < -0.39 is 11.6 Å². The van der Waals surface area contributed by atoms with Crippen molar-refractivity contribution in [1.29, 1.82) is 0 Å². The van der Waals surface area contributed by atoms with E-state index >= 15 is 0 Å². The summed E-state index contributed by atoms with van der Waals surface area (Å²) in [6.45, 7) is 0. The van der Waals surface area contributed by atoms with Crippen molar-refractivity contribution in [2.75, 3.05) is 0 Å². The van der Waals surface area contributed by atoms with Crippen LogP contribution in [0.25, 0.3) is 0 Å². The van der Waals surface area contributed by atoms with Gasteiger partial charge in [-0.1, -0.05) is 37.3 Å². The monoisotopic (exact) mass is 332 g/mol. The Morgan fingerprint density at radius 2 is 1.62 bits per heavy atom. The minimum atomic E-state index is -0.913. The molecule has 2 aliphatic rings. The summed E-state index contributed by atoms with van der Waals surface area (Å²) in [4.78, 5) is 0. The maximum absolute atomic E-state index is 13.5.